The minimum atomic E-state index is -0.501. The highest BCUT2D eigenvalue weighted by atomic mass is 35.5. The molecule has 102 valence electrons. The van der Waals surface area contributed by atoms with E-state index >= 15 is 0 Å². The number of pyridine rings is 1. The number of rotatable bonds is 3. The number of fused-ring (bicyclic) bond motifs is 1. The van der Waals surface area contributed by atoms with E-state index in [1.54, 1.807) is 30.5 Å². The van der Waals surface area contributed by atoms with Crippen LogP contribution in [0, 0.1) is 5.82 Å². The van der Waals surface area contributed by atoms with Crippen LogP contribution in [0.1, 0.15) is 17.5 Å². The molecule has 1 unspecified atom stereocenters. The Morgan fingerprint density at radius 1 is 1.30 bits per heavy atom. The van der Waals surface area contributed by atoms with Crippen molar-refractivity contribution in [1.29, 1.82) is 0 Å². The third-order valence-corrected chi connectivity index (χ3v) is 3.33. The fourth-order valence-electron chi connectivity index (χ4n) is 2.08. The number of furan rings is 1. The summed E-state index contributed by atoms with van der Waals surface area (Å²) in [5, 5.41) is 1.13. The molecule has 0 aliphatic rings. The van der Waals surface area contributed by atoms with Gasteiger partial charge in [-0.15, -0.1) is 0 Å². The van der Waals surface area contributed by atoms with E-state index < -0.39 is 6.04 Å². The van der Waals surface area contributed by atoms with Crippen LogP contribution in [0.3, 0.4) is 0 Å². The molecule has 3 aromatic rings. The zero-order valence-corrected chi connectivity index (χ0v) is 11.1. The molecule has 4 nitrogen and oxygen atoms in total. The van der Waals surface area contributed by atoms with Gasteiger partial charge >= 0.3 is 0 Å². The van der Waals surface area contributed by atoms with Crippen LogP contribution in [-0.4, -0.2) is 4.98 Å². The molecule has 3 rings (SSSR count). The second kappa shape index (κ2) is 5.20. The molecule has 0 aliphatic carbocycles. The van der Waals surface area contributed by atoms with E-state index in [4.69, 9.17) is 21.9 Å². The Morgan fingerprint density at radius 2 is 2.15 bits per heavy atom. The van der Waals surface area contributed by atoms with E-state index in [0.717, 1.165) is 0 Å². The second-order valence-corrected chi connectivity index (χ2v) is 4.71. The van der Waals surface area contributed by atoms with Crippen molar-refractivity contribution in [2.45, 2.75) is 6.04 Å². The molecule has 1 aromatic carbocycles. The molecule has 0 fully saturated rings. The van der Waals surface area contributed by atoms with Crippen LogP contribution in [0.5, 0.6) is 0 Å². The zero-order chi connectivity index (χ0) is 14.1. The summed E-state index contributed by atoms with van der Waals surface area (Å²) in [4.78, 5) is 4.21. The van der Waals surface area contributed by atoms with Crippen molar-refractivity contribution in [2.24, 2.45) is 5.84 Å². The van der Waals surface area contributed by atoms with Gasteiger partial charge in [-0.05, 0) is 36.4 Å². The number of benzene rings is 1. The number of halogens is 2. The summed E-state index contributed by atoms with van der Waals surface area (Å²) >= 11 is 6.11. The summed E-state index contributed by atoms with van der Waals surface area (Å²) < 4.78 is 18.9. The lowest BCUT2D eigenvalue weighted by Gasteiger charge is -2.13. The fraction of sp³-hybridized carbons (Fsp3) is 0.0714. The van der Waals surface area contributed by atoms with Gasteiger partial charge in [0.15, 0.2) is 0 Å². The van der Waals surface area contributed by atoms with Crippen molar-refractivity contribution >= 4 is 22.6 Å². The van der Waals surface area contributed by atoms with Crippen LogP contribution >= 0.6 is 11.6 Å². The average molecular weight is 292 g/mol. The Bertz CT molecular complexity index is 759. The first-order valence-corrected chi connectivity index (χ1v) is 6.32. The highest BCUT2D eigenvalue weighted by molar-refractivity contribution is 6.31. The van der Waals surface area contributed by atoms with Gasteiger partial charge in [-0.1, -0.05) is 11.6 Å². The Hall–Kier alpha value is -1.95. The van der Waals surface area contributed by atoms with Crippen molar-refractivity contribution in [3.05, 3.63) is 64.9 Å². The van der Waals surface area contributed by atoms with Crippen LogP contribution in [0.4, 0.5) is 4.39 Å². The number of hydrogen-bond acceptors (Lipinski definition) is 4. The molecule has 2 aromatic heterocycles. The normalized spacial score (nSPS) is 12.8. The first-order chi connectivity index (χ1) is 9.69. The Balaban J connectivity index is 2.10. The second-order valence-electron chi connectivity index (χ2n) is 4.30. The molecule has 0 spiro atoms. The van der Waals surface area contributed by atoms with Crippen LogP contribution in [0.2, 0.25) is 5.02 Å². The lowest BCUT2D eigenvalue weighted by atomic mass is 10.1. The fourth-order valence-corrected chi connectivity index (χ4v) is 2.31. The smallest absolute Gasteiger partial charge is 0.134 e. The Kier molecular flexibility index (Phi) is 3.40. The minimum Gasteiger partial charge on any atom is -0.459 e. The Labute approximate surface area is 119 Å². The lowest BCUT2D eigenvalue weighted by Crippen LogP contribution is -2.29. The summed E-state index contributed by atoms with van der Waals surface area (Å²) in [6.07, 6.45) is 1.62. The number of hydrogen-bond donors (Lipinski definition) is 2. The number of nitrogens with two attached hydrogens (primary N) is 1. The quantitative estimate of drug-likeness (QED) is 0.575. The van der Waals surface area contributed by atoms with E-state index in [-0.39, 0.29) is 5.82 Å². The number of aromatic nitrogens is 1. The van der Waals surface area contributed by atoms with Gasteiger partial charge in [-0.3, -0.25) is 10.8 Å². The summed E-state index contributed by atoms with van der Waals surface area (Å²) in [5.41, 5.74) is 3.75. The standard InChI is InChI=1S/C14H11ClFN3O/c15-10-2-1-5-18-13(10)14(19-17)12-7-8-6-9(16)3-4-11(8)20-12/h1-7,14,19H,17H2. The van der Waals surface area contributed by atoms with Crippen LogP contribution in [0.15, 0.2) is 47.0 Å². The maximum atomic E-state index is 13.2. The van der Waals surface area contributed by atoms with Gasteiger partial charge in [0.25, 0.3) is 0 Å². The largest absolute Gasteiger partial charge is 0.459 e. The molecule has 0 aliphatic heterocycles. The van der Waals surface area contributed by atoms with Crippen molar-refractivity contribution in [2.75, 3.05) is 0 Å². The summed E-state index contributed by atoms with van der Waals surface area (Å²) in [6.45, 7) is 0. The average Bonchev–Trinajstić information content (AvgIpc) is 2.84. The highest BCUT2D eigenvalue weighted by Gasteiger charge is 2.21. The van der Waals surface area contributed by atoms with Crippen molar-refractivity contribution < 1.29 is 8.81 Å². The molecule has 0 saturated heterocycles. The number of nitrogens with one attached hydrogen (secondary N) is 1. The van der Waals surface area contributed by atoms with Crippen LogP contribution < -0.4 is 11.3 Å². The minimum absolute atomic E-state index is 0.321. The first kappa shape index (κ1) is 13.1. The van der Waals surface area contributed by atoms with E-state index in [1.165, 1.54) is 12.1 Å². The van der Waals surface area contributed by atoms with E-state index in [9.17, 15) is 4.39 Å². The van der Waals surface area contributed by atoms with Gasteiger partial charge < -0.3 is 4.42 Å². The molecule has 2 heterocycles. The highest BCUT2D eigenvalue weighted by Crippen LogP contribution is 2.30. The van der Waals surface area contributed by atoms with E-state index in [2.05, 4.69) is 10.4 Å². The number of nitrogens with zero attached hydrogens (tertiary/aromatic N) is 1. The predicted octanol–water partition coefficient (Wildman–Crippen LogP) is 3.17. The summed E-state index contributed by atoms with van der Waals surface area (Å²) in [5.74, 6) is 5.78. The van der Waals surface area contributed by atoms with E-state index in [1.807, 2.05) is 0 Å². The van der Waals surface area contributed by atoms with Gasteiger partial charge in [0.1, 0.15) is 23.2 Å². The molecular weight excluding hydrogens is 281 g/mol. The summed E-state index contributed by atoms with van der Waals surface area (Å²) in [7, 11) is 0. The molecule has 1 atom stereocenters. The molecule has 3 N–H and O–H groups in total. The maximum Gasteiger partial charge on any atom is 0.134 e. The molecule has 0 radical (unpaired) electrons. The molecule has 0 amide bonds. The first-order valence-electron chi connectivity index (χ1n) is 5.94. The van der Waals surface area contributed by atoms with Crippen molar-refractivity contribution in [3.8, 4) is 0 Å². The monoisotopic (exact) mass is 291 g/mol. The van der Waals surface area contributed by atoms with Crippen molar-refractivity contribution in [1.82, 2.24) is 10.4 Å². The topological polar surface area (TPSA) is 64.1 Å². The van der Waals surface area contributed by atoms with Crippen molar-refractivity contribution in [3.63, 3.8) is 0 Å². The van der Waals surface area contributed by atoms with Gasteiger partial charge in [0, 0.05) is 11.6 Å². The predicted molar refractivity (Wildman–Crippen MR) is 74.6 cm³/mol. The lowest BCUT2D eigenvalue weighted by molar-refractivity contribution is 0.471. The van der Waals surface area contributed by atoms with Gasteiger partial charge in [0.2, 0.25) is 0 Å². The van der Waals surface area contributed by atoms with Gasteiger partial charge in [-0.2, -0.15) is 0 Å². The zero-order valence-electron chi connectivity index (χ0n) is 10.3. The van der Waals surface area contributed by atoms with Gasteiger partial charge in [0.05, 0.1) is 10.7 Å². The summed E-state index contributed by atoms with van der Waals surface area (Å²) in [6, 6.07) is 8.98. The molecule has 20 heavy (non-hydrogen) atoms. The third-order valence-electron chi connectivity index (χ3n) is 3.01. The maximum absolute atomic E-state index is 13.2. The third kappa shape index (κ3) is 2.27. The Morgan fingerprint density at radius 3 is 2.90 bits per heavy atom. The molecule has 0 saturated carbocycles. The number of hydrazine groups is 1. The SMILES string of the molecule is NNC(c1cc2cc(F)ccc2o1)c1ncccc1Cl. The molecular formula is C14H11ClFN3O. The molecule has 6 heteroatoms. The van der Waals surface area contributed by atoms with Crippen LogP contribution in [0.25, 0.3) is 11.0 Å². The van der Waals surface area contributed by atoms with E-state index in [0.29, 0.717) is 27.4 Å². The molecule has 0 bridgehead atoms. The van der Waals surface area contributed by atoms with Crippen LogP contribution in [-0.2, 0) is 0 Å². The van der Waals surface area contributed by atoms with Gasteiger partial charge in [-0.25, -0.2) is 9.82 Å².